The van der Waals surface area contributed by atoms with Crippen molar-refractivity contribution in [1.82, 2.24) is 9.88 Å². The summed E-state index contributed by atoms with van der Waals surface area (Å²) in [6.45, 7) is 11.2. The molecule has 0 unspecified atom stereocenters. The molecule has 2 rings (SSSR count). The Morgan fingerprint density at radius 1 is 1.35 bits per heavy atom. The van der Waals surface area contributed by atoms with E-state index in [0.717, 1.165) is 43.5 Å². The molecule has 0 bridgehead atoms. The zero-order valence-electron chi connectivity index (χ0n) is 10.8. The van der Waals surface area contributed by atoms with E-state index in [9.17, 15) is 5.11 Å². The highest BCUT2D eigenvalue weighted by molar-refractivity contribution is 7.13. The fourth-order valence-electron chi connectivity index (χ4n) is 1.95. The van der Waals surface area contributed by atoms with Crippen LogP contribution in [-0.4, -0.2) is 47.7 Å². The molecule has 0 spiro atoms. The van der Waals surface area contributed by atoms with Crippen LogP contribution < -0.4 is 4.90 Å². The van der Waals surface area contributed by atoms with Gasteiger partial charge in [0, 0.05) is 31.6 Å². The van der Waals surface area contributed by atoms with E-state index in [4.69, 9.17) is 0 Å². The van der Waals surface area contributed by atoms with Crippen LogP contribution in [0.25, 0.3) is 0 Å². The number of piperazine rings is 1. The average Bonchev–Trinajstić information content (AvgIpc) is 2.78. The van der Waals surface area contributed by atoms with Crippen molar-refractivity contribution in [2.45, 2.75) is 26.4 Å². The maximum absolute atomic E-state index is 9.90. The molecule has 1 fully saturated rings. The van der Waals surface area contributed by atoms with Crippen LogP contribution in [0.3, 0.4) is 0 Å². The van der Waals surface area contributed by atoms with E-state index in [1.165, 1.54) is 0 Å². The first-order valence-electron chi connectivity index (χ1n) is 6.16. The number of rotatable bonds is 3. The minimum absolute atomic E-state index is 0.774. The van der Waals surface area contributed by atoms with E-state index in [1.54, 1.807) is 25.2 Å². The molecule has 0 amide bonds. The summed E-state index contributed by atoms with van der Waals surface area (Å²) in [6, 6.07) is 0. The van der Waals surface area contributed by atoms with Crippen LogP contribution in [-0.2, 0) is 5.60 Å². The van der Waals surface area contributed by atoms with Crippen LogP contribution in [0.4, 0.5) is 5.13 Å². The standard InChI is InChI=1S/C12H21N3OS/c1-4-14-5-7-15(8-6-14)11-13-10(9-17-11)12(2,3)16/h9,16H,4-8H2,1-3H3. The van der Waals surface area contributed by atoms with Gasteiger partial charge in [-0.3, -0.25) is 0 Å². The second kappa shape index (κ2) is 4.92. The Morgan fingerprint density at radius 3 is 2.47 bits per heavy atom. The number of hydrogen-bond donors (Lipinski definition) is 1. The summed E-state index contributed by atoms with van der Waals surface area (Å²) in [5, 5.41) is 12.9. The maximum Gasteiger partial charge on any atom is 0.185 e. The van der Waals surface area contributed by atoms with Gasteiger partial charge in [-0.1, -0.05) is 6.92 Å². The molecule has 0 aliphatic carbocycles. The van der Waals surface area contributed by atoms with Gasteiger partial charge in [0.15, 0.2) is 5.13 Å². The molecule has 0 saturated carbocycles. The number of thiazole rings is 1. The number of hydrogen-bond acceptors (Lipinski definition) is 5. The van der Waals surface area contributed by atoms with Gasteiger partial charge in [0.05, 0.1) is 5.69 Å². The molecule has 1 aromatic heterocycles. The summed E-state index contributed by atoms with van der Waals surface area (Å²) in [7, 11) is 0. The Kier molecular flexibility index (Phi) is 3.70. The van der Waals surface area contributed by atoms with E-state index < -0.39 is 5.60 Å². The molecule has 1 aliphatic rings. The Morgan fingerprint density at radius 2 is 2.00 bits per heavy atom. The number of aromatic nitrogens is 1. The van der Waals surface area contributed by atoms with Crippen molar-refractivity contribution in [3.05, 3.63) is 11.1 Å². The van der Waals surface area contributed by atoms with E-state index >= 15 is 0 Å². The van der Waals surface area contributed by atoms with Gasteiger partial charge in [0.25, 0.3) is 0 Å². The van der Waals surface area contributed by atoms with Crippen LogP contribution in [0, 0.1) is 0 Å². The van der Waals surface area contributed by atoms with Crippen molar-refractivity contribution in [3.63, 3.8) is 0 Å². The molecule has 4 nitrogen and oxygen atoms in total. The van der Waals surface area contributed by atoms with E-state index in [1.807, 2.05) is 5.38 Å². The molecule has 17 heavy (non-hydrogen) atoms. The van der Waals surface area contributed by atoms with Crippen LogP contribution >= 0.6 is 11.3 Å². The highest BCUT2D eigenvalue weighted by atomic mass is 32.1. The normalized spacial score (nSPS) is 18.7. The zero-order valence-corrected chi connectivity index (χ0v) is 11.6. The molecule has 96 valence electrons. The van der Waals surface area contributed by atoms with Crippen molar-refractivity contribution >= 4 is 16.5 Å². The fraction of sp³-hybridized carbons (Fsp3) is 0.750. The Hall–Kier alpha value is -0.650. The second-order valence-corrected chi connectivity index (χ2v) is 5.83. The van der Waals surface area contributed by atoms with E-state index in [0.29, 0.717) is 0 Å². The van der Waals surface area contributed by atoms with Crippen molar-refractivity contribution in [2.75, 3.05) is 37.6 Å². The van der Waals surface area contributed by atoms with Crippen LogP contribution in [0.5, 0.6) is 0 Å². The number of nitrogens with zero attached hydrogens (tertiary/aromatic N) is 3. The minimum atomic E-state index is -0.833. The van der Waals surface area contributed by atoms with Gasteiger partial charge in [-0.15, -0.1) is 11.3 Å². The first kappa shape index (κ1) is 12.8. The molecule has 1 N–H and O–H groups in total. The van der Waals surface area contributed by atoms with Gasteiger partial charge in [-0.2, -0.15) is 0 Å². The Labute approximate surface area is 107 Å². The van der Waals surface area contributed by atoms with Gasteiger partial charge in [0.1, 0.15) is 5.60 Å². The minimum Gasteiger partial charge on any atom is -0.384 e. The Bertz CT molecular complexity index is 364. The molecule has 2 heterocycles. The third-order valence-corrected chi connectivity index (χ3v) is 4.11. The smallest absolute Gasteiger partial charge is 0.185 e. The third-order valence-electron chi connectivity index (χ3n) is 3.21. The molecule has 1 aromatic rings. The van der Waals surface area contributed by atoms with Gasteiger partial charge in [-0.25, -0.2) is 4.98 Å². The summed E-state index contributed by atoms with van der Waals surface area (Å²) < 4.78 is 0. The van der Waals surface area contributed by atoms with Crippen LogP contribution in [0.2, 0.25) is 0 Å². The Balaban J connectivity index is 2.02. The lowest BCUT2D eigenvalue weighted by molar-refractivity contribution is 0.0745. The topological polar surface area (TPSA) is 39.6 Å². The predicted molar refractivity (Wildman–Crippen MR) is 71.7 cm³/mol. The fourth-order valence-corrected chi connectivity index (χ4v) is 2.99. The van der Waals surface area contributed by atoms with Gasteiger partial charge in [-0.05, 0) is 20.4 Å². The molecular formula is C12H21N3OS. The van der Waals surface area contributed by atoms with Crippen molar-refractivity contribution in [1.29, 1.82) is 0 Å². The summed E-state index contributed by atoms with van der Waals surface area (Å²) in [4.78, 5) is 9.29. The molecule has 1 aliphatic heterocycles. The molecule has 5 heteroatoms. The lowest BCUT2D eigenvalue weighted by Crippen LogP contribution is -2.46. The first-order chi connectivity index (χ1) is 8.00. The van der Waals surface area contributed by atoms with Crippen molar-refractivity contribution in [2.24, 2.45) is 0 Å². The lowest BCUT2D eigenvalue weighted by atomic mass is 10.1. The average molecular weight is 255 g/mol. The summed E-state index contributed by atoms with van der Waals surface area (Å²) >= 11 is 1.63. The van der Waals surface area contributed by atoms with E-state index in [2.05, 4.69) is 21.7 Å². The van der Waals surface area contributed by atoms with Gasteiger partial charge in [0.2, 0.25) is 0 Å². The zero-order chi connectivity index (χ0) is 12.5. The summed E-state index contributed by atoms with van der Waals surface area (Å²) in [6.07, 6.45) is 0. The molecule has 0 aromatic carbocycles. The van der Waals surface area contributed by atoms with Gasteiger partial charge < -0.3 is 14.9 Å². The van der Waals surface area contributed by atoms with Crippen molar-refractivity contribution in [3.8, 4) is 0 Å². The number of likely N-dealkylation sites (N-methyl/N-ethyl adjacent to an activating group) is 1. The molecule has 0 radical (unpaired) electrons. The highest BCUT2D eigenvalue weighted by Crippen LogP contribution is 2.27. The first-order valence-corrected chi connectivity index (χ1v) is 7.04. The predicted octanol–water partition coefficient (Wildman–Crippen LogP) is 1.51. The SMILES string of the molecule is CCN1CCN(c2nc(C(C)(C)O)cs2)CC1. The number of anilines is 1. The largest absolute Gasteiger partial charge is 0.384 e. The van der Waals surface area contributed by atoms with Crippen LogP contribution in [0.15, 0.2) is 5.38 Å². The number of aliphatic hydroxyl groups is 1. The molecule has 1 saturated heterocycles. The van der Waals surface area contributed by atoms with Crippen molar-refractivity contribution < 1.29 is 5.11 Å². The summed E-state index contributed by atoms with van der Waals surface area (Å²) in [5.74, 6) is 0. The lowest BCUT2D eigenvalue weighted by Gasteiger charge is -2.33. The molecular weight excluding hydrogens is 234 g/mol. The summed E-state index contributed by atoms with van der Waals surface area (Å²) in [5.41, 5.74) is -0.0598. The second-order valence-electron chi connectivity index (χ2n) is 5.00. The maximum atomic E-state index is 9.90. The van der Waals surface area contributed by atoms with Gasteiger partial charge >= 0.3 is 0 Å². The monoisotopic (exact) mass is 255 g/mol. The molecule has 0 atom stereocenters. The van der Waals surface area contributed by atoms with Crippen LogP contribution in [0.1, 0.15) is 26.5 Å². The third kappa shape index (κ3) is 2.97. The quantitative estimate of drug-likeness (QED) is 0.889. The highest BCUT2D eigenvalue weighted by Gasteiger charge is 2.23. The van der Waals surface area contributed by atoms with E-state index in [-0.39, 0.29) is 0 Å².